The second-order valence-corrected chi connectivity index (χ2v) is 7.30. The molecule has 0 radical (unpaired) electrons. The topological polar surface area (TPSA) is 26.0 Å². The first-order chi connectivity index (χ1) is 8.25. The van der Waals surface area contributed by atoms with Crippen molar-refractivity contribution >= 4 is 11.3 Å². The number of nitrogens with two attached hydrogens (primary N) is 1. The van der Waals surface area contributed by atoms with Gasteiger partial charge in [-0.15, -0.1) is 11.3 Å². The van der Waals surface area contributed by atoms with Gasteiger partial charge in [-0.25, -0.2) is 0 Å². The van der Waals surface area contributed by atoms with E-state index in [1.54, 1.807) is 4.88 Å². The molecule has 3 atom stereocenters. The highest BCUT2D eigenvalue weighted by Crippen LogP contribution is 2.57. The summed E-state index contributed by atoms with van der Waals surface area (Å²) in [5.41, 5.74) is 6.60. The molecule has 0 saturated heterocycles. The Morgan fingerprint density at radius 3 is 2.71 bits per heavy atom. The van der Waals surface area contributed by atoms with Gasteiger partial charge in [0.2, 0.25) is 0 Å². The number of hydrogen-bond donors (Lipinski definition) is 1. The Morgan fingerprint density at radius 2 is 2.18 bits per heavy atom. The van der Waals surface area contributed by atoms with Gasteiger partial charge in [0.05, 0.1) is 0 Å². The van der Waals surface area contributed by atoms with E-state index < -0.39 is 0 Å². The third kappa shape index (κ3) is 1.96. The minimum atomic E-state index is 0.457. The van der Waals surface area contributed by atoms with Crippen LogP contribution < -0.4 is 5.73 Å². The third-order valence-corrected chi connectivity index (χ3v) is 6.33. The molecule has 2 saturated carbocycles. The first kappa shape index (κ1) is 11.7. The van der Waals surface area contributed by atoms with Gasteiger partial charge >= 0.3 is 0 Å². The summed E-state index contributed by atoms with van der Waals surface area (Å²) < 4.78 is 0. The van der Waals surface area contributed by atoms with Crippen molar-refractivity contribution in [2.75, 3.05) is 6.54 Å². The summed E-state index contributed by atoms with van der Waals surface area (Å²) in [5, 5.41) is 0. The number of aryl methyl sites for hydroxylation is 1. The second kappa shape index (κ2) is 4.40. The van der Waals surface area contributed by atoms with Crippen molar-refractivity contribution in [3.8, 4) is 0 Å². The molecule has 2 N–H and O–H groups in total. The van der Waals surface area contributed by atoms with Gasteiger partial charge in [-0.2, -0.15) is 0 Å². The van der Waals surface area contributed by atoms with Gasteiger partial charge < -0.3 is 5.73 Å². The van der Waals surface area contributed by atoms with Crippen LogP contribution in [0.25, 0.3) is 0 Å². The first-order valence-corrected chi connectivity index (χ1v) is 7.85. The molecule has 2 fully saturated rings. The Labute approximate surface area is 108 Å². The minimum Gasteiger partial charge on any atom is -0.330 e. The van der Waals surface area contributed by atoms with Crippen LogP contribution >= 0.6 is 11.3 Å². The van der Waals surface area contributed by atoms with Crippen LogP contribution in [0.1, 0.15) is 42.4 Å². The maximum atomic E-state index is 6.15. The summed E-state index contributed by atoms with van der Waals surface area (Å²) in [6.45, 7) is 3.14. The molecule has 1 heterocycles. The fourth-order valence-electron chi connectivity index (χ4n) is 4.15. The molecule has 2 heteroatoms. The molecule has 1 aromatic heterocycles. The lowest BCUT2D eigenvalue weighted by molar-refractivity contribution is 0.173. The van der Waals surface area contributed by atoms with Crippen molar-refractivity contribution in [1.82, 2.24) is 0 Å². The maximum absolute atomic E-state index is 6.15. The second-order valence-electron chi connectivity index (χ2n) is 6.04. The predicted molar refractivity (Wildman–Crippen MR) is 74.3 cm³/mol. The summed E-state index contributed by atoms with van der Waals surface area (Å²) in [7, 11) is 0. The van der Waals surface area contributed by atoms with E-state index in [-0.39, 0.29) is 0 Å². The molecule has 94 valence electrons. The summed E-state index contributed by atoms with van der Waals surface area (Å²) in [6, 6.07) is 4.64. The maximum Gasteiger partial charge on any atom is 0.00542 e. The lowest BCUT2D eigenvalue weighted by Crippen LogP contribution is -2.37. The van der Waals surface area contributed by atoms with Crippen molar-refractivity contribution in [3.63, 3.8) is 0 Å². The highest BCUT2D eigenvalue weighted by Gasteiger charge is 2.49. The fraction of sp³-hybridized carbons (Fsp3) is 0.733. The van der Waals surface area contributed by atoms with Crippen molar-refractivity contribution in [3.05, 3.63) is 21.9 Å². The smallest absolute Gasteiger partial charge is 0.00542 e. The minimum absolute atomic E-state index is 0.457. The third-order valence-electron chi connectivity index (χ3n) is 5.10. The Morgan fingerprint density at radius 1 is 1.35 bits per heavy atom. The average molecular weight is 249 g/mol. The molecule has 3 rings (SSSR count). The van der Waals surface area contributed by atoms with Crippen LogP contribution in [0, 0.1) is 17.3 Å². The first-order valence-electron chi connectivity index (χ1n) is 7.03. The Kier molecular flexibility index (Phi) is 3.04. The zero-order chi connectivity index (χ0) is 11.9. The van der Waals surface area contributed by atoms with E-state index in [0.717, 1.165) is 18.4 Å². The molecule has 17 heavy (non-hydrogen) atoms. The van der Waals surface area contributed by atoms with E-state index in [1.807, 2.05) is 11.3 Å². The Bertz CT molecular complexity index is 397. The molecule has 2 bridgehead atoms. The van der Waals surface area contributed by atoms with Gasteiger partial charge in [-0.3, -0.25) is 0 Å². The molecule has 2 aliphatic carbocycles. The summed E-state index contributed by atoms with van der Waals surface area (Å²) in [6.07, 6.45) is 8.18. The van der Waals surface area contributed by atoms with Crippen LogP contribution in [-0.2, 0) is 12.8 Å². The molecule has 0 aliphatic heterocycles. The number of rotatable bonds is 4. The Balaban J connectivity index is 1.78. The number of thiophene rings is 1. The highest BCUT2D eigenvalue weighted by atomic mass is 32.1. The lowest BCUT2D eigenvalue weighted by atomic mass is 9.70. The lowest BCUT2D eigenvalue weighted by Gasteiger charge is -2.36. The van der Waals surface area contributed by atoms with E-state index in [1.165, 1.54) is 43.4 Å². The number of fused-ring (bicyclic) bond motifs is 2. The van der Waals surface area contributed by atoms with Crippen LogP contribution in [0.3, 0.4) is 0 Å². The number of hydrogen-bond acceptors (Lipinski definition) is 2. The molecule has 1 aromatic rings. The molecular weight excluding hydrogens is 226 g/mol. The van der Waals surface area contributed by atoms with Crippen molar-refractivity contribution in [1.29, 1.82) is 0 Å². The van der Waals surface area contributed by atoms with E-state index in [9.17, 15) is 0 Å². The molecule has 0 aromatic carbocycles. The largest absolute Gasteiger partial charge is 0.330 e. The normalized spacial score (nSPS) is 35.6. The fourth-order valence-corrected chi connectivity index (χ4v) is 5.26. The highest BCUT2D eigenvalue weighted by molar-refractivity contribution is 7.11. The van der Waals surface area contributed by atoms with Crippen molar-refractivity contribution < 1.29 is 0 Å². The standard InChI is InChI=1S/C15H23NS/c1-2-13-5-6-14(17-13)9-15(10-16)8-11-3-4-12(15)7-11/h5-6,11-12H,2-4,7-10,16H2,1H3. The van der Waals surface area contributed by atoms with Gasteiger partial charge in [0.25, 0.3) is 0 Å². The quantitative estimate of drug-likeness (QED) is 0.866. The summed E-state index contributed by atoms with van der Waals surface area (Å²) >= 11 is 2.01. The van der Waals surface area contributed by atoms with E-state index in [2.05, 4.69) is 19.1 Å². The summed E-state index contributed by atoms with van der Waals surface area (Å²) in [4.78, 5) is 3.09. The zero-order valence-corrected chi connectivity index (χ0v) is 11.6. The van der Waals surface area contributed by atoms with Gasteiger partial charge in [0.15, 0.2) is 0 Å². The van der Waals surface area contributed by atoms with Gasteiger partial charge in [-0.1, -0.05) is 13.3 Å². The van der Waals surface area contributed by atoms with Gasteiger partial charge in [0.1, 0.15) is 0 Å². The van der Waals surface area contributed by atoms with Gasteiger partial charge in [0, 0.05) is 9.75 Å². The van der Waals surface area contributed by atoms with Crippen LogP contribution in [0.15, 0.2) is 12.1 Å². The van der Waals surface area contributed by atoms with Gasteiger partial charge in [-0.05, 0) is 68.0 Å². The molecule has 3 unspecified atom stereocenters. The predicted octanol–water partition coefficient (Wildman–Crippen LogP) is 3.62. The zero-order valence-electron chi connectivity index (χ0n) is 10.7. The van der Waals surface area contributed by atoms with Crippen LogP contribution in [0.4, 0.5) is 0 Å². The van der Waals surface area contributed by atoms with E-state index in [0.29, 0.717) is 5.41 Å². The molecule has 0 amide bonds. The summed E-state index contributed by atoms with van der Waals surface area (Å²) in [5.74, 6) is 1.92. The van der Waals surface area contributed by atoms with Crippen LogP contribution in [0.5, 0.6) is 0 Å². The van der Waals surface area contributed by atoms with Crippen LogP contribution in [0.2, 0.25) is 0 Å². The van der Waals surface area contributed by atoms with E-state index in [4.69, 9.17) is 5.73 Å². The van der Waals surface area contributed by atoms with Crippen molar-refractivity contribution in [2.24, 2.45) is 23.0 Å². The molecular formula is C15H23NS. The molecule has 1 nitrogen and oxygen atoms in total. The van der Waals surface area contributed by atoms with Crippen molar-refractivity contribution in [2.45, 2.75) is 45.4 Å². The SMILES string of the molecule is CCc1ccc(CC2(CN)CC3CCC2C3)s1. The Hall–Kier alpha value is -0.340. The molecule has 0 spiro atoms. The molecule has 2 aliphatic rings. The average Bonchev–Trinajstić information content (AvgIpc) is 3.04. The van der Waals surface area contributed by atoms with E-state index >= 15 is 0 Å². The monoisotopic (exact) mass is 249 g/mol. The van der Waals surface area contributed by atoms with Crippen LogP contribution in [-0.4, -0.2) is 6.54 Å².